The predicted octanol–water partition coefficient (Wildman–Crippen LogP) is 6.33. The van der Waals surface area contributed by atoms with Crippen LogP contribution >= 0.6 is 11.3 Å². The SMILES string of the molecule is CCOc1cc(/C=N\Nc2nc(-c3ccccc3)c(-c3ccccc3)s2)ccc1OC. The van der Waals surface area contributed by atoms with Crippen LogP contribution in [0.4, 0.5) is 5.13 Å². The number of hydrazone groups is 1. The first-order valence-electron chi connectivity index (χ1n) is 10.00. The zero-order valence-corrected chi connectivity index (χ0v) is 18.2. The molecule has 0 spiro atoms. The Morgan fingerprint density at radius 1 is 0.935 bits per heavy atom. The number of ether oxygens (including phenoxy) is 2. The van der Waals surface area contributed by atoms with Crippen LogP contribution in [0.2, 0.25) is 0 Å². The molecule has 0 fully saturated rings. The number of rotatable bonds is 8. The van der Waals surface area contributed by atoms with Crippen molar-refractivity contribution in [2.75, 3.05) is 19.1 Å². The van der Waals surface area contributed by atoms with Gasteiger partial charge in [-0.15, -0.1) is 0 Å². The van der Waals surface area contributed by atoms with E-state index in [9.17, 15) is 0 Å². The minimum absolute atomic E-state index is 0.568. The second-order valence-corrected chi connectivity index (χ2v) is 7.64. The van der Waals surface area contributed by atoms with Gasteiger partial charge in [-0.1, -0.05) is 72.0 Å². The summed E-state index contributed by atoms with van der Waals surface area (Å²) < 4.78 is 11.0. The molecule has 0 aliphatic rings. The Balaban J connectivity index is 1.59. The largest absolute Gasteiger partial charge is 0.493 e. The maximum Gasteiger partial charge on any atom is 0.204 e. The lowest BCUT2D eigenvalue weighted by atomic mass is 10.1. The number of aromatic nitrogens is 1. The Morgan fingerprint density at radius 3 is 2.32 bits per heavy atom. The number of thiazole rings is 1. The van der Waals surface area contributed by atoms with E-state index in [1.807, 2.05) is 61.5 Å². The van der Waals surface area contributed by atoms with Gasteiger partial charge in [-0.05, 0) is 36.2 Å². The lowest BCUT2D eigenvalue weighted by Crippen LogP contribution is -1.97. The summed E-state index contributed by atoms with van der Waals surface area (Å²) in [4.78, 5) is 5.92. The molecule has 4 rings (SSSR count). The standard InChI is InChI=1S/C25H23N3O2S/c1-3-30-22-16-18(14-15-21(22)29-2)17-26-28-25-27-23(19-10-6-4-7-11-19)24(31-25)20-12-8-5-9-13-20/h4-17H,3H2,1-2H3,(H,27,28)/b26-17-. The first kappa shape index (κ1) is 20.6. The number of nitrogens with one attached hydrogen (secondary N) is 1. The highest BCUT2D eigenvalue weighted by Crippen LogP contribution is 2.38. The van der Waals surface area contributed by atoms with Crippen molar-refractivity contribution >= 4 is 22.7 Å². The molecule has 0 bridgehead atoms. The van der Waals surface area contributed by atoms with Gasteiger partial charge in [-0.2, -0.15) is 5.10 Å². The number of nitrogens with zero attached hydrogens (tertiary/aromatic N) is 2. The van der Waals surface area contributed by atoms with Crippen LogP contribution in [-0.2, 0) is 0 Å². The lowest BCUT2D eigenvalue weighted by molar-refractivity contribution is 0.311. The Kier molecular flexibility index (Phi) is 6.59. The van der Waals surface area contributed by atoms with Crippen molar-refractivity contribution in [1.82, 2.24) is 4.98 Å². The quantitative estimate of drug-likeness (QED) is 0.263. The molecule has 4 aromatic rings. The van der Waals surface area contributed by atoms with E-state index >= 15 is 0 Å². The highest BCUT2D eigenvalue weighted by Gasteiger charge is 2.14. The molecule has 3 aromatic carbocycles. The van der Waals surface area contributed by atoms with Gasteiger partial charge >= 0.3 is 0 Å². The Bertz CT molecular complexity index is 1100. The van der Waals surface area contributed by atoms with E-state index in [0.29, 0.717) is 18.1 Å². The van der Waals surface area contributed by atoms with Crippen LogP contribution in [0.5, 0.6) is 11.5 Å². The van der Waals surface area contributed by atoms with Crippen LogP contribution in [0.3, 0.4) is 0 Å². The van der Waals surface area contributed by atoms with Crippen LogP contribution < -0.4 is 14.9 Å². The van der Waals surface area contributed by atoms with Gasteiger partial charge < -0.3 is 9.47 Å². The molecule has 0 atom stereocenters. The van der Waals surface area contributed by atoms with E-state index in [0.717, 1.165) is 32.4 Å². The molecule has 0 unspecified atom stereocenters. The third-order valence-corrected chi connectivity index (χ3v) is 5.58. The normalized spacial score (nSPS) is 10.9. The predicted molar refractivity (Wildman–Crippen MR) is 128 cm³/mol. The fraction of sp³-hybridized carbons (Fsp3) is 0.120. The highest BCUT2D eigenvalue weighted by atomic mass is 32.1. The summed E-state index contributed by atoms with van der Waals surface area (Å²) in [5.74, 6) is 1.40. The van der Waals surface area contributed by atoms with Gasteiger partial charge in [0.1, 0.15) is 0 Å². The van der Waals surface area contributed by atoms with E-state index < -0.39 is 0 Å². The van der Waals surface area contributed by atoms with Gasteiger partial charge in [0.15, 0.2) is 11.5 Å². The molecule has 31 heavy (non-hydrogen) atoms. The van der Waals surface area contributed by atoms with Gasteiger partial charge in [-0.25, -0.2) is 4.98 Å². The van der Waals surface area contributed by atoms with Crippen LogP contribution in [0.15, 0.2) is 84.0 Å². The summed E-state index contributed by atoms with van der Waals surface area (Å²) in [6.45, 7) is 2.51. The Labute approximate surface area is 186 Å². The molecule has 0 saturated carbocycles. The van der Waals surface area contributed by atoms with Crippen molar-refractivity contribution < 1.29 is 9.47 Å². The Hall–Kier alpha value is -3.64. The highest BCUT2D eigenvalue weighted by molar-refractivity contribution is 7.19. The molecule has 6 heteroatoms. The summed E-state index contributed by atoms with van der Waals surface area (Å²) in [6, 6.07) is 26.2. The minimum atomic E-state index is 0.568. The summed E-state index contributed by atoms with van der Waals surface area (Å²) in [7, 11) is 1.63. The second-order valence-electron chi connectivity index (χ2n) is 6.64. The smallest absolute Gasteiger partial charge is 0.204 e. The number of hydrogen-bond donors (Lipinski definition) is 1. The zero-order chi connectivity index (χ0) is 21.5. The minimum Gasteiger partial charge on any atom is -0.493 e. The topological polar surface area (TPSA) is 55.7 Å². The third-order valence-electron chi connectivity index (χ3n) is 4.57. The van der Waals surface area contributed by atoms with Gasteiger partial charge in [0, 0.05) is 5.56 Å². The average Bonchev–Trinajstić information content (AvgIpc) is 3.25. The van der Waals surface area contributed by atoms with Crippen LogP contribution in [-0.4, -0.2) is 24.9 Å². The van der Waals surface area contributed by atoms with E-state index in [4.69, 9.17) is 14.5 Å². The van der Waals surface area contributed by atoms with Gasteiger partial charge in [0.25, 0.3) is 0 Å². The molecule has 0 aliphatic heterocycles. The van der Waals surface area contributed by atoms with Crippen molar-refractivity contribution in [2.24, 2.45) is 5.10 Å². The van der Waals surface area contributed by atoms with Crippen LogP contribution in [0.1, 0.15) is 12.5 Å². The first-order chi connectivity index (χ1) is 15.3. The molecule has 1 heterocycles. The van der Waals surface area contributed by atoms with Gasteiger partial charge in [0.2, 0.25) is 5.13 Å². The molecule has 0 saturated heterocycles. The van der Waals surface area contributed by atoms with Gasteiger partial charge in [-0.3, -0.25) is 5.43 Å². The van der Waals surface area contributed by atoms with E-state index in [1.165, 1.54) is 0 Å². The molecule has 156 valence electrons. The second kappa shape index (κ2) is 9.91. The molecule has 0 radical (unpaired) electrons. The van der Waals surface area contributed by atoms with Crippen LogP contribution in [0, 0.1) is 0 Å². The molecule has 0 aliphatic carbocycles. The maximum absolute atomic E-state index is 5.63. The number of hydrogen-bond acceptors (Lipinski definition) is 6. The fourth-order valence-electron chi connectivity index (χ4n) is 3.15. The summed E-state index contributed by atoms with van der Waals surface area (Å²) in [5.41, 5.74) is 7.13. The third kappa shape index (κ3) is 4.92. The van der Waals surface area contributed by atoms with Crippen LogP contribution in [0.25, 0.3) is 21.7 Å². The molecule has 1 N–H and O–H groups in total. The summed E-state index contributed by atoms with van der Waals surface area (Å²) >= 11 is 1.58. The number of anilines is 1. The molecule has 1 aromatic heterocycles. The summed E-state index contributed by atoms with van der Waals surface area (Å²) in [5, 5.41) is 5.12. The maximum atomic E-state index is 5.63. The Morgan fingerprint density at radius 2 is 1.65 bits per heavy atom. The van der Waals surface area contributed by atoms with Crippen molar-refractivity contribution in [3.8, 4) is 33.2 Å². The molecule has 5 nitrogen and oxygen atoms in total. The molecular weight excluding hydrogens is 406 g/mol. The monoisotopic (exact) mass is 429 g/mol. The van der Waals surface area contributed by atoms with Crippen molar-refractivity contribution in [1.29, 1.82) is 0 Å². The molecule has 0 amide bonds. The number of benzene rings is 3. The first-order valence-corrected chi connectivity index (χ1v) is 10.8. The number of methoxy groups -OCH3 is 1. The van der Waals surface area contributed by atoms with Crippen molar-refractivity contribution in [3.05, 3.63) is 84.4 Å². The van der Waals surface area contributed by atoms with Crippen molar-refractivity contribution in [3.63, 3.8) is 0 Å². The fourth-order valence-corrected chi connectivity index (χ4v) is 4.09. The van der Waals surface area contributed by atoms with E-state index in [-0.39, 0.29) is 0 Å². The summed E-state index contributed by atoms with van der Waals surface area (Å²) in [6.07, 6.45) is 1.74. The zero-order valence-electron chi connectivity index (χ0n) is 17.4. The van der Waals surface area contributed by atoms with Gasteiger partial charge in [0.05, 0.1) is 30.5 Å². The van der Waals surface area contributed by atoms with E-state index in [2.05, 4.69) is 34.8 Å². The molecular formula is C25H23N3O2S. The average molecular weight is 430 g/mol. The van der Waals surface area contributed by atoms with E-state index in [1.54, 1.807) is 24.7 Å². The lowest BCUT2D eigenvalue weighted by Gasteiger charge is -2.09. The van der Waals surface area contributed by atoms with Crippen molar-refractivity contribution in [2.45, 2.75) is 6.92 Å².